The van der Waals surface area contributed by atoms with Crippen LogP contribution in [0.3, 0.4) is 0 Å². The Morgan fingerprint density at radius 2 is 0.630 bits per heavy atom. The molecule has 0 aliphatic heterocycles. The molecule has 0 saturated carbocycles. The van der Waals surface area contributed by atoms with Crippen molar-refractivity contribution in [2.75, 3.05) is 19.6 Å². The SMILES string of the molecule is CCCCCCCCCCCCCC[N+](CCCCCCCCCCCCCC)(CCCCCCCCCCCCCC)Cc1ccccc1S(=O)(=O)O. The van der Waals surface area contributed by atoms with E-state index < -0.39 is 10.1 Å². The van der Waals surface area contributed by atoms with E-state index in [9.17, 15) is 13.0 Å². The van der Waals surface area contributed by atoms with Gasteiger partial charge in [-0.25, -0.2) is 0 Å². The molecule has 0 aliphatic carbocycles. The van der Waals surface area contributed by atoms with Gasteiger partial charge in [0.25, 0.3) is 10.1 Å². The molecule has 54 heavy (non-hydrogen) atoms. The van der Waals surface area contributed by atoms with Gasteiger partial charge in [-0.15, -0.1) is 0 Å². The van der Waals surface area contributed by atoms with Crippen molar-refractivity contribution < 1.29 is 17.5 Å². The highest BCUT2D eigenvalue weighted by molar-refractivity contribution is 7.85. The summed E-state index contributed by atoms with van der Waals surface area (Å²) in [6, 6.07) is 7.28. The highest BCUT2D eigenvalue weighted by atomic mass is 32.2. The molecule has 0 fully saturated rings. The summed E-state index contributed by atoms with van der Waals surface area (Å²) in [5.41, 5.74) is 0.803. The number of quaternary nitrogens is 1. The molecule has 4 nitrogen and oxygen atoms in total. The minimum absolute atomic E-state index is 0.117. The zero-order valence-corrected chi connectivity index (χ0v) is 37.5. The molecule has 0 heterocycles. The fourth-order valence-electron chi connectivity index (χ4n) is 8.68. The van der Waals surface area contributed by atoms with Crippen molar-refractivity contribution in [3.05, 3.63) is 29.8 Å². The first-order valence-corrected chi connectivity index (χ1v) is 25.7. The number of rotatable bonds is 42. The van der Waals surface area contributed by atoms with E-state index in [1.165, 1.54) is 231 Å². The first-order valence-electron chi connectivity index (χ1n) is 24.3. The number of hydrogen-bond donors (Lipinski definition) is 1. The summed E-state index contributed by atoms with van der Waals surface area (Å²) in [6.07, 6.45) is 48.7. The van der Waals surface area contributed by atoms with Crippen LogP contribution in [0.5, 0.6) is 0 Å². The molecule has 0 amide bonds. The summed E-state index contributed by atoms with van der Waals surface area (Å²) in [6.45, 7) is 10.9. The molecule has 0 aromatic heterocycles. The maximum atomic E-state index is 12.5. The summed E-state index contributed by atoms with van der Waals surface area (Å²) < 4.78 is 36.2. The highest BCUT2D eigenvalue weighted by Gasteiger charge is 2.29. The van der Waals surface area contributed by atoms with Crippen molar-refractivity contribution in [2.45, 2.75) is 263 Å². The van der Waals surface area contributed by atoms with Gasteiger partial charge in [0.05, 0.1) is 19.6 Å². The van der Waals surface area contributed by atoms with Crippen LogP contribution < -0.4 is 0 Å². The van der Waals surface area contributed by atoms with Gasteiger partial charge in [-0.2, -0.15) is 8.42 Å². The average molecular weight is 777 g/mol. The standard InChI is InChI=1S/C49H93NO3S/c1-4-7-10-13-16-19-22-25-28-31-34-39-44-50(47-48-42-37-38-43-49(48)54(51,52)53,45-40-35-32-29-26-23-20-17-14-11-8-5-2)46-41-36-33-30-27-24-21-18-15-12-9-6-3/h37-38,42-43H,4-36,39-41,44-47H2,1-3H3/p+1. The number of benzene rings is 1. The van der Waals surface area contributed by atoms with Gasteiger partial charge in [-0.3, -0.25) is 4.55 Å². The molecular weight excluding hydrogens is 683 g/mol. The number of unbranched alkanes of at least 4 members (excludes halogenated alkanes) is 33. The van der Waals surface area contributed by atoms with Gasteiger partial charge in [0.15, 0.2) is 0 Å². The van der Waals surface area contributed by atoms with Crippen LogP contribution in [0, 0.1) is 0 Å². The molecule has 5 heteroatoms. The van der Waals surface area contributed by atoms with Crippen molar-refractivity contribution in [3.8, 4) is 0 Å². The summed E-state index contributed by atoms with van der Waals surface area (Å²) >= 11 is 0. The summed E-state index contributed by atoms with van der Waals surface area (Å²) in [7, 11) is -4.26. The van der Waals surface area contributed by atoms with Crippen LogP contribution in [-0.4, -0.2) is 37.1 Å². The number of nitrogens with zero attached hydrogens (tertiary/aromatic N) is 1. The van der Waals surface area contributed by atoms with E-state index in [1.807, 2.05) is 12.1 Å². The zero-order chi connectivity index (χ0) is 39.3. The maximum absolute atomic E-state index is 12.5. The van der Waals surface area contributed by atoms with Gasteiger partial charge in [-0.05, 0) is 44.6 Å². The third kappa shape index (κ3) is 29.3. The largest absolute Gasteiger partial charge is 0.320 e. The van der Waals surface area contributed by atoms with E-state index in [0.29, 0.717) is 6.54 Å². The lowest BCUT2D eigenvalue weighted by Crippen LogP contribution is -2.49. The lowest BCUT2D eigenvalue weighted by molar-refractivity contribution is -0.941. The lowest BCUT2D eigenvalue weighted by atomic mass is 10.0. The molecule has 0 spiro atoms. The second-order valence-corrected chi connectivity index (χ2v) is 18.8. The van der Waals surface area contributed by atoms with Gasteiger partial charge in [0.2, 0.25) is 0 Å². The molecule has 0 saturated heterocycles. The van der Waals surface area contributed by atoms with Crippen LogP contribution >= 0.6 is 0 Å². The molecule has 1 aromatic rings. The number of hydrogen-bond acceptors (Lipinski definition) is 2. The fraction of sp³-hybridized carbons (Fsp3) is 0.878. The normalized spacial score (nSPS) is 12.2. The van der Waals surface area contributed by atoms with Crippen molar-refractivity contribution in [2.24, 2.45) is 0 Å². The van der Waals surface area contributed by atoms with Crippen molar-refractivity contribution in [1.29, 1.82) is 0 Å². The average Bonchev–Trinajstić information content (AvgIpc) is 3.16. The van der Waals surface area contributed by atoms with Gasteiger partial charge in [-0.1, -0.05) is 232 Å². The minimum Gasteiger partial charge on any atom is -0.320 e. The fourth-order valence-corrected chi connectivity index (χ4v) is 9.40. The van der Waals surface area contributed by atoms with Crippen molar-refractivity contribution >= 4 is 10.1 Å². The third-order valence-corrected chi connectivity index (χ3v) is 13.2. The van der Waals surface area contributed by atoms with Crippen LogP contribution in [0.4, 0.5) is 0 Å². The van der Waals surface area contributed by atoms with Crippen molar-refractivity contribution in [1.82, 2.24) is 0 Å². The second kappa shape index (κ2) is 36.4. The van der Waals surface area contributed by atoms with Crippen LogP contribution in [0.2, 0.25) is 0 Å². The zero-order valence-electron chi connectivity index (χ0n) is 36.7. The Morgan fingerprint density at radius 3 is 0.889 bits per heavy atom. The predicted molar refractivity (Wildman–Crippen MR) is 238 cm³/mol. The summed E-state index contributed by atoms with van der Waals surface area (Å²) in [5.74, 6) is 0. The molecule has 318 valence electrons. The Morgan fingerprint density at radius 1 is 0.389 bits per heavy atom. The molecule has 0 unspecified atom stereocenters. The predicted octanol–water partition coefficient (Wildman–Crippen LogP) is 16.4. The molecule has 1 rings (SSSR count). The molecule has 1 aromatic carbocycles. The van der Waals surface area contributed by atoms with E-state index in [1.54, 1.807) is 12.1 Å². The van der Waals surface area contributed by atoms with Gasteiger partial charge < -0.3 is 4.48 Å². The Balaban J connectivity index is 2.78. The second-order valence-electron chi connectivity index (χ2n) is 17.4. The van der Waals surface area contributed by atoms with Gasteiger partial charge in [0, 0.05) is 5.56 Å². The van der Waals surface area contributed by atoms with E-state index in [4.69, 9.17) is 0 Å². The van der Waals surface area contributed by atoms with E-state index in [0.717, 1.165) is 29.7 Å². The van der Waals surface area contributed by atoms with Crippen LogP contribution in [0.15, 0.2) is 29.2 Å². The van der Waals surface area contributed by atoms with Crippen molar-refractivity contribution in [3.63, 3.8) is 0 Å². The van der Waals surface area contributed by atoms with Crippen LogP contribution in [0.25, 0.3) is 0 Å². The molecule has 0 bridgehead atoms. The van der Waals surface area contributed by atoms with E-state index in [-0.39, 0.29) is 4.90 Å². The van der Waals surface area contributed by atoms with Crippen LogP contribution in [0.1, 0.15) is 257 Å². The van der Waals surface area contributed by atoms with E-state index >= 15 is 0 Å². The Kier molecular flexibility index (Phi) is 34.5. The monoisotopic (exact) mass is 777 g/mol. The maximum Gasteiger partial charge on any atom is 0.295 e. The molecule has 1 N–H and O–H groups in total. The Labute approximate surface area is 339 Å². The topological polar surface area (TPSA) is 54.4 Å². The van der Waals surface area contributed by atoms with Gasteiger partial charge in [0.1, 0.15) is 11.4 Å². The molecule has 0 aliphatic rings. The van der Waals surface area contributed by atoms with Crippen LogP contribution in [-0.2, 0) is 16.7 Å². The summed E-state index contributed by atoms with van der Waals surface area (Å²) in [4.78, 5) is 0.117. The first-order chi connectivity index (χ1) is 26.4. The molecular formula is C49H94NO3S+. The smallest absolute Gasteiger partial charge is 0.295 e. The Hall–Kier alpha value is -0.910. The summed E-state index contributed by atoms with van der Waals surface area (Å²) in [5, 5.41) is 0. The lowest BCUT2D eigenvalue weighted by Gasteiger charge is -2.40. The highest BCUT2D eigenvalue weighted by Crippen LogP contribution is 2.26. The van der Waals surface area contributed by atoms with E-state index in [2.05, 4.69) is 20.8 Å². The van der Waals surface area contributed by atoms with Gasteiger partial charge >= 0.3 is 0 Å². The third-order valence-electron chi connectivity index (χ3n) is 12.2. The first kappa shape index (κ1) is 51.1. The molecule has 0 atom stereocenters. The quantitative estimate of drug-likeness (QED) is 0.0409. The Bertz CT molecular complexity index is 972. The molecule has 0 radical (unpaired) electrons. The minimum atomic E-state index is -4.26.